The Kier molecular flexibility index (Phi) is 5.35. The van der Waals surface area contributed by atoms with Crippen molar-refractivity contribution in [2.75, 3.05) is 0 Å². The van der Waals surface area contributed by atoms with Crippen molar-refractivity contribution in [1.29, 1.82) is 0 Å². The largest absolute Gasteiger partial charge is 0.478 e. The number of primary amides is 1. The first kappa shape index (κ1) is 21.3. The standard InChI is InChI=1S/C14H7N5O11/c15-13(20)7-1-5(16(23)24)3-9(18(27)28)11(7)12-8(14(21)22)2-6(17(25)26)4-10(12)19(29)30/h1-4H,(H2,15,20)(H,21,22). The minimum Gasteiger partial charge on any atom is -0.478 e. The van der Waals surface area contributed by atoms with Gasteiger partial charge in [0.2, 0.25) is 5.91 Å². The molecule has 0 bridgehead atoms. The van der Waals surface area contributed by atoms with Gasteiger partial charge in [-0.25, -0.2) is 4.79 Å². The summed E-state index contributed by atoms with van der Waals surface area (Å²) in [4.78, 5) is 63.7. The van der Waals surface area contributed by atoms with Crippen molar-refractivity contribution in [3.05, 3.63) is 75.8 Å². The first-order chi connectivity index (χ1) is 13.9. The highest BCUT2D eigenvalue weighted by Gasteiger charge is 2.36. The number of nitro benzene ring substituents is 4. The van der Waals surface area contributed by atoms with Crippen LogP contribution in [-0.4, -0.2) is 36.7 Å². The molecule has 30 heavy (non-hydrogen) atoms. The van der Waals surface area contributed by atoms with Crippen molar-refractivity contribution in [3.8, 4) is 11.1 Å². The number of nitro groups is 4. The Labute approximate surface area is 162 Å². The van der Waals surface area contributed by atoms with E-state index in [1.165, 1.54) is 0 Å². The highest BCUT2D eigenvalue weighted by molar-refractivity contribution is 6.09. The highest BCUT2D eigenvalue weighted by atomic mass is 16.6. The SMILES string of the molecule is NC(=O)c1cc([N+](=O)[O-])cc([N+](=O)[O-])c1-c1c(C(=O)O)cc([N+](=O)[O-])cc1[N+](=O)[O-]. The van der Waals surface area contributed by atoms with Crippen LogP contribution in [0.3, 0.4) is 0 Å². The second-order valence-electron chi connectivity index (χ2n) is 5.47. The highest BCUT2D eigenvalue weighted by Crippen LogP contribution is 2.44. The number of nitrogens with two attached hydrogens (primary N) is 1. The molecule has 154 valence electrons. The van der Waals surface area contributed by atoms with Gasteiger partial charge in [-0.15, -0.1) is 0 Å². The number of amides is 1. The van der Waals surface area contributed by atoms with E-state index in [-0.39, 0.29) is 0 Å². The normalized spacial score (nSPS) is 10.3. The molecule has 0 aliphatic rings. The molecule has 0 saturated carbocycles. The quantitative estimate of drug-likeness (QED) is 0.481. The van der Waals surface area contributed by atoms with Crippen LogP contribution in [0, 0.1) is 40.5 Å². The second kappa shape index (κ2) is 7.54. The van der Waals surface area contributed by atoms with Gasteiger partial charge in [0.25, 0.3) is 22.7 Å². The van der Waals surface area contributed by atoms with Crippen LogP contribution in [-0.2, 0) is 0 Å². The molecule has 0 spiro atoms. The van der Waals surface area contributed by atoms with Crippen molar-refractivity contribution in [2.45, 2.75) is 0 Å². The smallest absolute Gasteiger partial charge is 0.336 e. The van der Waals surface area contributed by atoms with Crippen molar-refractivity contribution in [2.24, 2.45) is 5.73 Å². The summed E-state index contributed by atoms with van der Waals surface area (Å²) >= 11 is 0. The Morgan fingerprint density at radius 1 is 0.700 bits per heavy atom. The van der Waals surface area contributed by atoms with Crippen LogP contribution < -0.4 is 5.73 Å². The third kappa shape index (κ3) is 3.67. The number of hydrogen-bond donors (Lipinski definition) is 2. The molecular weight excluding hydrogens is 414 g/mol. The van der Waals surface area contributed by atoms with E-state index in [4.69, 9.17) is 5.73 Å². The van der Waals surface area contributed by atoms with E-state index in [9.17, 15) is 55.2 Å². The fourth-order valence-corrected chi connectivity index (χ4v) is 2.61. The topological polar surface area (TPSA) is 253 Å². The zero-order valence-electron chi connectivity index (χ0n) is 14.2. The molecule has 3 N–H and O–H groups in total. The van der Waals surface area contributed by atoms with Gasteiger partial charge < -0.3 is 10.8 Å². The zero-order valence-corrected chi connectivity index (χ0v) is 14.2. The fraction of sp³-hybridized carbons (Fsp3) is 0. The zero-order chi connectivity index (χ0) is 22.9. The van der Waals surface area contributed by atoms with Crippen LogP contribution in [0.4, 0.5) is 22.7 Å². The number of carboxylic acid groups (broad SMARTS) is 1. The molecule has 1 amide bonds. The van der Waals surface area contributed by atoms with Crippen LogP contribution in [0.5, 0.6) is 0 Å². The Morgan fingerprint density at radius 3 is 1.37 bits per heavy atom. The Hall–Kier alpha value is -5.02. The van der Waals surface area contributed by atoms with Gasteiger partial charge in [-0.3, -0.25) is 45.3 Å². The maximum atomic E-state index is 11.8. The average molecular weight is 421 g/mol. The molecule has 0 aliphatic carbocycles. The summed E-state index contributed by atoms with van der Waals surface area (Å²) in [7, 11) is 0. The van der Waals surface area contributed by atoms with Crippen LogP contribution in [0.25, 0.3) is 11.1 Å². The summed E-state index contributed by atoms with van der Waals surface area (Å²) in [6.07, 6.45) is 0. The van der Waals surface area contributed by atoms with Gasteiger partial charge in [-0.1, -0.05) is 0 Å². The third-order valence-corrected chi connectivity index (χ3v) is 3.77. The number of nitrogens with zero attached hydrogens (tertiary/aromatic N) is 4. The number of carboxylic acids is 1. The monoisotopic (exact) mass is 421 g/mol. The van der Waals surface area contributed by atoms with Gasteiger partial charge in [0, 0.05) is 12.1 Å². The van der Waals surface area contributed by atoms with E-state index >= 15 is 0 Å². The minimum absolute atomic E-state index is 0.331. The summed E-state index contributed by atoms with van der Waals surface area (Å²) in [6.45, 7) is 0. The van der Waals surface area contributed by atoms with Crippen molar-refractivity contribution in [3.63, 3.8) is 0 Å². The second-order valence-corrected chi connectivity index (χ2v) is 5.47. The molecule has 2 aromatic carbocycles. The van der Waals surface area contributed by atoms with Crippen molar-refractivity contribution < 1.29 is 34.4 Å². The first-order valence-corrected chi connectivity index (χ1v) is 7.33. The number of hydrogen-bond acceptors (Lipinski definition) is 10. The van der Waals surface area contributed by atoms with E-state index < -0.39 is 76.6 Å². The third-order valence-electron chi connectivity index (χ3n) is 3.77. The number of aromatic carboxylic acids is 1. The number of carbonyl (C=O) groups excluding carboxylic acids is 1. The fourth-order valence-electron chi connectivity index (χ4n) is 2.61. The molecule has 16 heteroatoms. The lowest BCUT2D eigenvalue weighted by atomic mass is 9.91. The summed E-state index contributed by atoms with van der Waals surface area (Å²) in [6, 6.07) is 1.54. The van der Waals surface area contributed by atoms with Crippen LogP contribution in [0.15, 0.2) is 24.3 Å². The lowest BCUT2D eigenvalue weighted by Crippen LogP contribution is -2.16. The maximum Gasteiger partial charge on any atom is 0.336 e. The first-order valence-electron chi connectivity index (χ1n) is 7.33. The average Bonchev–Trinajstić information content (AvgIpc) is 2.65. The predicted octanol–water partition coefficient (Wildman–Crippen LogP) is 1.78. The number of non-ortho nitro benzene ring substituents is 2. The molecule has 2 rings (SSSR count). The van der Waals surface area contributed by atoms with Gasteiger partial charge in [-0.05, 0) is 0 Å². The van der Waals surface area contributed by atoms with E-state index in [0.29, 0.717) is 24.3 Å². The molecular formula is C14H7N5O11. The lowest BCUT2D eigenvalue weighted by molar-refractivity contribution is -0.395. The lowest BCUT2D eigenvalue weighted by Gasteiger charge is -2.11. The van der Waals surface area contributed by atoms with Crippen LogP contribution in [0.1, 0.15) is 20.7 Å². The van der Waals surface area contributed by atoms with E-state index in [1.54, 1.807) is 0 Å². The maximum absolute atomic E-state index is 11.8. The summed E-state index contributed by atoms with van der Waals surface area (Å²) in [5.41, 5.74) is -3.52. The molecule has 0 aromatic heterocycles. The molecule has 2 aromatic rings. The minimum atomic E-state index is -1.96. The van der Waals surface area contributed by atoms with Gasteiger partial charge in [-0.2, -0.15) is 0 Å². The Bertz CT molecular complexity index is 1010. The number of carbonyl (C=O) groups is 2. The van der Waals surface area contributed by atoms with Crippen molar-refractivity contribution >= 4 is 34.6 Å². The molecule has 0 radical (unpaired) electrons. The predicted molar refractivity (Wildman–Crippen MR) is 94.0 cm³/mol. The molecule has 0 fully saturated rings. The molecule has 16 nitrogen and oxygen atoms in total. The van der Waals surface area contributed by atoms with Gasteiger partial charge >= 0.3 is 5.97 Å². The van der Waals surface area contributed by atoms with Crippen LogP contribution in [0.2, 0.25) is 0 Å². The van der Waals surface area contributed by atoms with Crippen molar-refractivity contribution in [1.82, 2.24) is 0 Å². The van der Waals surface area contributed by atoms with Crippen LogP contribution >= 0.6 is 0 Å². The summed E-state index contributed by atoms with van der Waals surface area (Å²) < 4.78 is 0. The Morgan fingerprint density at radius 2 is 1.07 bits per heavy atom. The molecule has 0 aliphatic heterocycles. The molecule has 0 heterocycles. The number of rotatable bonds is 7. The molecule has 0 saturated heterocycles. The molecule has 0 atom stereocenters. The van der Waals surface area contributed by atoms with Gasteiger partial charge in [0.15, 0.2) is 0 Å². The van der Waals surface area contributed by atoms with E-state index in [2.05, 4.69) is 0 Å². The van der Waals surface area contributed by atoms with Gasteiger partial charge in [0.05, 0.1) is 54.1 Å². The summed E-state index contributed by atoms with van der Waals surface area (Å²) in [5.74, 6) is -3.46. The van der Waals surface area contributed by atoms with Gasteiger partial charge in [0.1, 0.15) is 0 Å². The number of benzene rings is 2. The summed E-state index contributed by atoms with van der Waals surface area (Å²) in [5, 5.41) is 54.4. The molecule has 0 unspecified atom stereocenters. The van der Waals surface area contributed by atoms with E-state index in [0.717, 1.165) is 0 Å². The Balaban J connectivity index is 3.21. The van der Waals surface area contributed by atoms with E-state index in [1.807, 2.05) is 0 Å².